The van der Waals surface area contributed by atoms with Crippen LogP contribution >= 0.6 is 0 Å². The Bertz CT molecular complexity index is 203. The molecule has 0 aliphatic rings. The molecule has 0 saturated carbocycles. The maximum Gasteiger partial charge on any atom is 0.139 e. The first-order valence-electron chi connectivity index (χ1n) is 2.86. The van der Waals surface area contributed by atoms with Crippen LogP contribution in [0.15, 0.2) is 29.3 Å². The number of hydrogen-bond donors (Lipinski definition) is 0. The van der Waals surface area contributed by atoms with E-state index in [-0.39, 0.29) is 0 Å². The van der Waals surface area contributed by atoms with Crippen molar-refractivity contribution in [2.45, 2.75) is 0 Å². The largest absolute Gasteiger partial charge is 0.265 e. The normalized spacial score (nSPS) is 8.89. The summed E-state index contributed by atoms with van der Waals surface area (Å²) in [7, 11) is 2.05. The molecule has 0 atom stereocenters. The van der Waals surface area contributed by atoms with Gasteiger partial charge in [-0.3, -0.25) is 4.99 Å². The van der Waals surface area contributed by atoms with Crippen LogP contribution in [0.3, 0.4) is 0 Å². The van der Waals surface area contributed by atoms with Crippen LogP contribution in [-0.2, 0) is 0 Å². The Morgan fingerprint density at radius 1 is 1.22 bits per heavy atom. The van der Waals surface area contributed by atoms with Gasteiger partial charge < -0.3 is 0 Å². The molecule has 0 saturated heterocycles. The van der Waals surface area contributed by atoms with Gasteiger partial charge in [0.05, 0.1) is 5.69 Å². The summed E-state index contributed by atoms with van der Waals surface area (Å²) in [6, 6.07) is 7.93. The molecule has 1 aromatic rings. The van der Waals surface area contributed by atoms with Gasteiger partial charge in [0.1, 0.15) is 7.85 Å². The van der Waals surface area contributed by atoms with E-state index < -0.39 is 0 Å². The summed E-state index contributed by atoms with van der Waals surface area (Å²) in [6.07, 6.45) is 0. The molecular formula is C7H8BN. The molecule has 0 aliphatic carbocycles. The number of benzene rings is 1. The predicted molar refractivity (Wildman–Crippen MR) is 43.8 cm³/mol. The lowest BCUT2D eigenvalue weighted by atomic mass is 9.96. The van der Waals surface area contributed by atoms with Crippen LogP contribution in [-0.4, -0.2) is 14.6 Å². The first-order valence-corrected chi connectivity index (χ1v) is 2.86. The summed E-state index contributed by atoms with van der Waals surface area (Å²) in [6.45, 7) is 3.41. The van der Waals surface area contributed by atoms with Gasteiger partial charge in [-0.15, -0.1) is 0 Å². The molecule has 44 valence electrons. The van der Waals surface area contributed by atoms with E-state index in [2.05, 4.69) is 11.7 Å². The lowest BCUT2D eigenvalue weighted by Crippen LogP contribution is -1.97. The highest BCUT2D eigenvalue weighted by molar-refractivity contribution is 6.32. The van der Waals surface area contributed by atoms with Crippen LogP contribution in [0, 0.1) is 0 Å². The van der Waals surface area contributed by atoms with Gasteiger partial charge in [0, 0.05) is 0 Å². The standard InChI is InChI=1S/C7H8BN/c1-9-7-4-2-6(8)3-5-7/h2-5H,1,8H2. The van der Waals surface area contributed by atoms with Crippen molar-refractivity contribution < 1.29 is 0 Å². The summed E-state index contributed by atoms with van der Waals surface area (Å²) < 4.78 is 0. The Morgan fingerprint density at radius 2 is 1.78 bits per heavy atom. The van der Waals surface area contributed by atoms with Crippen molar-refractivity contribution in [3.05, 3.63) is 24.3 Å². The molecule has 0 aliphatic heterocycles. The Hall–Kier alpha value is -1.05. The molecule has 1 aromatic carbocycles. The predicted octanol–water partition coefficient (Wildman–Crippen LogP) is 0.277. The van der Waals surface area contributed by atoms with E-state index >= 15 is 0 Å². The zero-order valence-electron chi connectivity index (χ0n) is 5.46. The fourth-order valence-corrected chi connectivity index (χ4v) is 0.650. The van der Waals surface area contributed by atoms with Crippen molar-refractivity contribution in [2.75, 3.05) is 0 Å². The van der Waals surface area contributed by atoms with Crippen LogP contribution in [0.2, 0.25) is 0 Å². The SMILES string of the molecule is Bc1ccc(N=C)cc1. The van der Waals surface area contributed by atoms with Crippen molar-refractivity contribution in [1.82, 2.24) is 0 Å². The molecule has 0 aromatic heterocycles. The summed E-state index contributed by atoms with van der Waals surface area (Å²) in [4.78, 5) is 3.76. The van der Waals surface area contributed by atoms with E-state index in [9.17, 15) is 0 Å². The van der Waals surface area contributed by atoms with Crippen molar-refractivity contribution in [3.63, 3.8) is 0 Å². The van der Waals surface area contributed by atoms with Crippen molar-refractivity contribution in [3.8, 4) is 0 Å². The molecule has 1 rings (SSSR count). The maximum atomic E-state index is 3.76. The second-order valence-electron chi connectivity index (χ2n) is 1.99. The van der Waals surface area contributed by atoms with Crippen LogP contribution in [0.25, 0.3) is 0 Å². The zero-order valence-corrected chi connectivity index (χ0v) is 5.46. The Labute approximate surface area is 55.8 Å². The molecule has 0 bridgehead atoms. The average Bonchev–Trinajstić information content (AvgIpc) is 1.90. The van der Waals surface area contributed by atoms with Crippen molar-refractivity contribution >= 4 is 25.7 Å². The molecule has 0 amide bonds. The van der Waals surface area contributed by atoms with Crippen molar-refractivity contribution in [2.24, 2.45) is 4.99 Å². The first kappa shape index (κ1) is 6.08. The molecule has 0 N–H and O–H groups in total. The van der Waals surface area contributed by atoms with Crippen LogP contribution in [0.5, 0.6) is 0 Å². The molecular weight excluding hydrogens is 109 g/mol. The van der Waals surface area contributed by atoms with Gasteiger partial charge in [-0.25, -0.2) is 0 Å². The van der Waals surface area contributed by atoms with Gasteiger partial charge in [0.2, 0.25) is 0 Å². The van der Waals surface area contributed by atoms with Gasteiger partial charge in [-0.2, -0.15) is 0 Å². The fraction of sp³-hybridized carbons (Fsp3) is 0. The zero-order chi connectivity index (χ0) is 6.69. The molecule has 0 fully saturated rings. The van der Waals surface area contributed by atoms with Crippen LogP contribution < -0.4 is 5.46 Å². The second-order valence-corrected chi connectivity index (χ2v) is 1.99. The highest BCUT2D eigenvalue weighted by atomic mass is 14.7. The van der Waals surface area contributed by atoms with E-state index in [1.807, 2.05) is 32.1 Å². The lowest BCUT2D eigenvalue weighted by Gasteiger charge is -1.91. The van der Waals surface area contributed by atoms with E-state index in [1.54, 1.807) is 0 Å². The van der Waals surface area contributed by atoms with E-state index in [0.717, 1.165) is 5.69 Å². The highest BCUT2D eigenvalue weighted by Crippen LogP contribution is 2.05. The van der Waals surface area contributed by atoms with Gasteiger partial charge in [0.25, 0.3) is 0 Å². The van der Waals surface area contributed by atoms with Gasteiger partial charge in [0.15, 0.2) is 0 Å². The number of rotatable bonds is 1. The van der Waals surface area contributed by atoms with E-state index in [1.165, 1.54) is 5.46 Å². The summed E-state index contributed by atoms with van der Waals surface area (Å²) in [5.41, 5.74) is 2.18. The monoisotopic (exact) mass is 117 g/mol. The van der Waals surface area contributed by atoms with Gasteiger partial charge in [-0.1, -0.05) is 17.6 Å². The van der Waals surface area contributed by atoms with Gasteiger partial charge in [-0.05, 0) is 18.9 Å². The molecule has 0 unspecified atom stereocenters. The molecule has 9 heavy (non-hydrogen) atoms. The number of hydrogen-bond acceptors (Lipinski definition) is 1. The molecule has 0 radical (unpaired) electrons. The average molecular weight is 117 g/mol. The molecule has 2 heteroatoms. The topological polar surface area (TPSA) is 12.4 Å². The van der Waals surface area contributed by atoms with Crippen LogP contribution in [0.4, 0.5) is 5.69 Å². The van der Waals surface area contributed by atoms with Crippen LogP contribution in [0.1, 0.15) is 0 Å². The molecule has 0 heterocycles. The molecule has 0 spiro atoms. The van der Waals surface area contributed by atoms with E-state index in [4.69, 9.17) is 0 Å². The number of aliphatic imine (C=N–C) groups is 1. The number of nitrogens with zero attached hydrogens (tertiary/aromatic N) is 1. The third-order valence-corrected chi connectivity index (χ3v) is 1.22. The van der Waals surface area contributed by atoms with Crippen molar-refractivity contribution in [1.29, 1.82) is 0 Å². The molecule has 1 nitrogen and oxygen atoms in total. The maximum absolute atomic E-state index is 3.76. The highest BCUT2D eigenvalue weighted by Gasteiger charge is 1.83. The minimum atomic E-state index is 0.931. The van der Waals surface area contributed by atoms with Gasteiger partial charge >= 0.3 is 0 Å². The Morgan fingerprint density at radius 3 is 2.22 bits per heavy atom. The quantitative estimate of drug-likeness (QED) is 0.370. The minimum Gasteiger partial charge on any atom is -0.265 e. The van der Waals surface area contributed by atoms with E-state index in [0.29, 0.717) is 0 Å². The second kappa shape index (κ2) is 2.49. The third kappa shape index (κ3) is 1.42. The summed E-state index contributed by atoms with van der Waals surface area (Å²) >= 11 is 0. The first-order chi connectivity index (χ1) is 4.33. The Balaban J connectivity index is 3.01. The summed E-state index contributed by atoms with van der Waals surface area (Å²) in [5, 5.41) is 0. The lowest BCUT2D eigenvalue weighted by molar-refractivity contribution is 1.57. The smallest absolute Gasteiger partial charge is 0.139 e. The fourth-order valence-electron chi connectivity index (χ4n) is 0.650. The Kier molecular flexibility index (Phi) is 1.68. The minimum absolute atomic E-state index is 0.931. The summed E-state index contributed by atoms with van der Waals surface area (Å²) in [5.74, 6) is 0. The third-order valence-electron chi connectivity index (χ3n) is 1.22.